The van der Waals surface area contributed by atoms with Gasteiger partial charge in [-0.3, -0.25) is 20.2 Å². The number of aliphatic hydroxyl groups excluding tert-OH is 1. The lowest BCUT2D eigenvalue weighted by Crippen LogP contribution is -2.45. The fraction of sp³-hybridized carbons (Fsp3) is 0.337. The number of esters is 2. The van der Waals surface area contributed by atoms with Gasteiger partial charge in [-0.05, 0) is 282 Å². The van der Waals surface area contributed by atoms with E-state index in [1.807, 2.05) is 109 Å². The highest BCUT2D eigenvalue weighted by Crippen LogP contribution is 2.63. The van der Waals surface area contributed by atoms with Crippen molar-refractivity contribution in [3.05, 3.63) is 272 Å². The van der Waals surface area contributed by atoms with Gasteiger partial charge < -0.3 is 40.3 Å². The summed E-state index contributed by atoms with van der Waals surface area (Å²) in [5, 5.41) is 34.7. The second-order valence-corrected chi connectivity index (χ2v) is 32.9. The number of nitro groups is 2. The maximum atomic E-state index is 12.6. The third kappa shape index (κ3) is 24.6. The van der Waals surface area contributed by atoms with Crippen LogP contribution in [0.3, 0.4) is 0 Å². The maximum Gasteiger partial charge on any atom is 0.514 e. The molecule has 0 bridgehead atoms. The molecule has 9 aromatic rings. The molecule has 0 spiro atoms. The summed E-state index contributed by atoms with van der Waals surface area (Å²) in [5.74, 6) is 6.01. The molecule has 6 aromatic carbocycles. The number of aromatic nitrogens is 3. The van der Waals surface area contributed by atoms with E-state index in [-0.39, 0.29) is 82.7 Å². The number of carbonyl (C=O) groups excluding carboxylic acids is 4. The van der Waals surface area contributed by atoms with Crippen LogP contribution in [0.4, 0.5) is 21.0 Å². The third-order valence-corrected chi connectivity index (χ3v) is 25.8. The lowest BCUT2D eigenvalue weighted by Gasteiger charge is -2.50. The summed E-state index contributed by atoms with van der Waals surface area (Å²) in [6.45, 7) is 5.97. The first kappa shape index (κ1) is 89.3. The third-order valence-electron chi connectivity index (χ3n) is 21.0. The summed E-state index contributed by atoms with van der Waals surface area (Å²) in [6.07, 6.45) is 16.6. The van der Waals surface area contributed by atoms with Gasteiger partial charge in [0.25, 0.3) is 11.4 Å². The Balaban J connectivity index is 0.000000189. The summed E-state index contributed by atoms with van der Waals surface area (Å²) >= 11 is 8.72. The van der Waals surface area contributed by atoms with Crippen LogP contribution in [-0.4, -0.2) is 90.2 Å². The zero-order valence-electron chi connectivity index (χ0n) is 61.6. The van der Waals surface area contributed by atoms with Crippen molar-refractivity contribution in [1.29, 1.82) is 0 Å². The molecule has 112 heavy (non-hydrogen) atoms. The molecule has 4 fully saturated rings. The van der Waals surface area contributed by atoms with Crippen LogP contribution in [0.5, 0.6) is 23.0 Å². The lowest BCUT2D eigenvalue weighted by atomic mass is 9.55. The quantitative estimate of drug-likeness (QED) is 0.00757. The van der Waals surface area contributed by atoms with E-state index >= 15 is 0 Å². The number of non-ortho nitro benzene ring substituents is 2. The number of ether oxygens (including phenoxy) is 5. The molecule has 10 unspecified atom stereocenters. The minimum absolute atomic E-state index is 0. The topological polar surface area (TPSA) is 312 Å². The van der Waals surface area contributed by atoms with Gasteiger partial charge in [0.2, 0.25) is 0 Å². The lowest BCUT2D eigenvalue weighted by molar-refractivity contribution is -0.385. The smallest absolute Gasteiger partial charge is 0.430 e. The fourth-order valence-electron chi connectivity index (χ4n) is 15.9. The highest BCUT2D eigenvalue weighted by Gasteiger charge is 2.57. The first-order chi connectivity index (χ1) is 53.3. The number of rotatable bonds is 17. The predicted octanol–water partition coefficient (Wildman–Crippen LogP) is 20.5. The predicted molar refractivity (Wildman–Crippen MR) is 449 cm³/mol. The molecule has 29 heteroatoms. The highest BCUT2D eigenvalue weighted by atomic mass is 35.5. The van der Waals surface area contributed by atoms with Gasteiger partial charge in [0, 0.05) is 84.5 Å². The average Bonchev–Trinajstić information content (AvgIpc) is 1.51. The van der Waals surface area contributed by atoms with Crippen LogP contribution in [-0.2, 0) is 17.6 Å². The molecule has 15 rings (SSSR count). The number of nitrogens with zero attached hydrogens (tertiary/aromatic N) is 5. The van der Waals surface area contributed by atoms with Crippen molar-refractivity contribution in [2.75, 3.05) is 24.6 Å². The largest absolute Gasteiger partial charge is 0.514 e. The first-order valence-electron chi connectivity index (χ1n) is 36.4. The maximum absolute atomic E-state index is 12.6. The molecular weight excluding hydrogens is 1590 g/mol. The molecule has 0 radical (unpaired) electrons. The number of halogens is 3. The van der Waals surface area contributed by atoms with Crippen LogP contribution in [0.2, 0.25) is 0 Å². The van der Waals surface area contributed by atoms with E-state index in [4.69, 9.17) is 42.0 Å². The Morgan fingerprint density at radius 3 is 1.35 bits per heavy atom. The molecule has 21 nitrogen and oxygen atoms in total. The number of carbonyl (C=O) groups is 4. The molecule has 3 aromatic heterocycles. The van der Waals surface area contributed by atoms with Crippen molar-refractivity contribution in [3.63, 3.8) is 0 Å². The van der Waals surface area contributed by atoms with E-state index in [0.717, 1.165) is 97.3 Å². The summed E-state index contributed by atoms with van der Waals surface area (Å²) < 4.78 is 26.9. The first-order valence-corrected chi connectivity index (χ1v) is 41.9. The SMILES string of the molecule is CC12CCC3c4ccc(OC(=O)c5ccccc5)cc4CCC3C1CCC2O.CC12CCC3c4ccc(OC(=O)c5ccccc5)cc4CCC3C1CCC2OC(=O)Oc1ccc([N+](=O)[O-])cc1.Cl.Cl.NCCS.NCCSSc1ccccn1.O=C(Cl)Oc1ccc([N+](=O)[O-])cc1.c1ccc(SSc2ccccn2)nc1. The van der Waals surface area contributed by atoms with Crippen molar-refractivity contribution < 1.29 is 57.8 Å². The Kier molecular flexibility index (Phi) is 35.4. The van der Waals surface area contributed by atoms with E-state index in [2.05, 4.69) is 64.4 Å². The van der Waals surface area contributed by atoms with E-state index in [1.165, 1.54) is 83.6 Å². The van der Waals surface area contributed by atoms with Crippen LogP contribution < -0.4 is 30.4 Å². The zero-order valence-corrected chi connectivity index (χ0v) is 68.2. The Bertz CT molecular complexity index is 4460. The number of thiol groups is 1. The van der Waals surface area contributed by atoms with Gasteiger partial charge in [0.05, 0.1) is 27.1 Å². The minimum Gasteiger partial charge on any atom is -0.430 e. The molecule has 10 atom stereocenters. The van der Waals surface area contributed by atoms with Crippen LogP contribution in [0.1, 0.15) is 133 Å². The van der Waals surface area contributed by atoms with Gasteiger partial charge in [-0.25, -0.2) is 34.1 Å². The van der Waals surface area contributed by atoms with E-state index in [1.54, 1.807) is 86.0 Å². The number of hydrogen-bond acceptors (Lipinski definition) is 24. The summed E-state index contributed by atoms with van der Waals surface area (Å²) in [7, 11) is 6.64. The molecule has 5 N–H and O–H groups in total. The van der Waals surface area contributed by atoms with E-state index in [0.29, 0.717) is 64.7 Å². The number of nitrogens with two attached hydrogens (primary N) is 2. The number of fused-ring (bicyclic) bond motifs is 10. The number of aryl methyl sites for hydroxylation is 2. The number of hydrogen-bond donors (Lipinski definition) is 4. The van der Waals surface area contributed by atoms with Crippen molar-refractivity contribution in [2.45, 2.75) is 130 Å². The fourth-order valence-corrected chi connectivity index (χ4v) is 19.4. The van der Waals surface area contributed by atoms with E-state index in [9.17, 15) is 44.5 Å². The number of benzene rings is 6. The van der Waals surface area contributed by atoms with Gasteiger partial charge in [-0.15, -0.1) is 24.8 Å². The van der Waals surface area contributed by atoms with Crippen molar-refractivity contribution in [1.82, 2.24) is 15.0 Å². The number of pyridine rings is 3. The number of aliphatic hydroxyl groups is 1. The molecule has 3 heterocycles. The highest BCUT2D eigenvalue weighted by molar-refractivity contribution is 8.77. The molecular formula is C83H90Cl3N7O14S5. The average molecular weight is 1680 g/mol. The van der Waals surface area contributed by atoms with Crippen LogP contribution in [0, 0.1) is 54.7 Å². The van der Waals surface area contributed by atoms with Gasteiger partial charge in [-0.2, -0.15) is 12.6 Å². The van der Waals surface area contributed by atoms with Gasteiger partial charge in [0.1, 0.15) is 44.2 Å². The molecule has 0 amide bonds. The van der Waals surface area contributed by atoms with Gasteiger partial charge in [-0.1, -0.05) is 91.4 Å². The van der Waals surface area contributed by atoms with Crippen LogP contribution >= 0.6 is 92.2 Å². The molecule has 4 saturated carbocycles. The molecule has 592 valence electrons. The minimum atomic E-state index is -0.978. The van der Waals surface area contributed by atoms with Crippen molar-refractivity contribution in [2.24, 2.45) is 46.0 Å². The summed E-state index contributed by atoms with van der Waals surface area (Å²) in [6, 6.07) is 58.5. The molecule has 6 aliphatic rings. The number of nitro benzene ring substituents is 2. The normalized spacial score (nSPS) is 21.4. The van der Waals surface area contributed by atoms with E-state index < -0.39 is 21.4 Å². The van der Waals surface area contributed by atoms with Gasteiger partial charge in [0.15, 0.2) is 0 Å². The second kappa shape index (κ2) is 44.4. The Labute approximate surface area is 690 Å². The molecule has 0 aliphatic heterocycles. The Morgan fingerprint density at radius 2 is 0.929 bits per heavy atom. The summed E-state index contributed by atoms with van der Waals surface area (Å²) in [5.41, 5.74) is 15.6. The second-order valence-electron chi connectivity index (χ2n) is 27.5. The summed E-state index contributed by atoms with van der Waals surface area (Å²) in [4.78, 5) is 80.3. The standard InChI is InChI=1S/C32H31NO7.C25H28O3.C10H8N2S2.C7H4ClNO4.C7H10N2S2.C2H7NS.2ClH/c1-32-18-17-26-25-14-12-24(38-30(34)20-5-3-2-4-6-20)19-21(25)7-13-27(26)28(32)15-16-29(32)40-31(35)39-23-10-8-22(9-11-23)33(36)37;1-25-14-13-20-19-10-8-18(28-24(27)16-5-3-2-4-6-16)15-17(19)7-9-21(20)22(25)11-12-23(25)26;1-3-7-11-9(5-1)13-14-10-6-2-4-8-12-10;8-7(10)13-6-3-1-5(2-4-6)9(11)12;8-4-6-10-11-7-3-1-2-5-9-7;3-1-2-4;;/h2-6,8-12,14,19,26-29H,7,13,15-18H2,1H3;2-6,8,10,15,20-23,26H,7,9,11-14H2,1H3;1-8H;1-4H;1-3,5H,4,6,8H2;4H,1-3H2;2*1H. The van der Waals surface area contributed by atoms with Crippen LogP contribution in [0.15, 0.2) is 234 Å². The van der Waals surface area contributed by atoms with Crippen LogP contribution in [0.25, 0.3) is 0 Å². The van der Waals surface area contributed by atoms with Crippen molar-refractivity contribution in [3.8, 4) is 23.0 Å². The van der Waals surface area contributed by atoms with Crippen molar-refractivity contribution >= 4 is 127 Å². The Hall–Kier alpha value is -8.25. The molecule has 0 saturated heterocycles. The molecule has 6 aliphatic carbocycles. The Morgan fingerprint density at radius 1 is 0.518 bits per heavy atom. The monoisotopic (exact) mass is 1670 g/mol. The van der Waals surface area contributed by atoms with Gasteiger partial charge >= 0.3 is 23.5 Å². The zero-order chi connectivity index (χ0) is 78.0.